The van der Waals surface area contributed by atoms with E-state index in [4.69, 9.17) is 9.98 Å². The highest BCUT2D eigenvalue weighted by atomic mass is 127. The summed E-state index contributed by atoms with van der Waals surface area (Å²) in [5.74, 6) is 1.14. The summed E-state index contributed by atoms with van der Waals surface area (Å²) in [5, 5.41) is 13.3. The molecule has 176 valence electrons. The predicted octanol–water partition coefficient (Wildman–Crippen LogP) is 3.54. The van der Waals surface area contributed by atoms with E-state index in [1.807, 2.05) is 13.8 Å². The number of carbonyl (C=O) groups excluding carboxylic acids is 1. The molecular formula is C22H39IN6OS. The maximum Gasteiger partial charge on any atom is 0.223 e. The lowest BCUT2D eigenvalue weighted by Gasteiger charge is -2.30. The second kappa shape index (κ2) is 13.4. The van der Waals surface area contributed by atoms with Gasteiger partial charge in [0.05, 0.1) is 5.69 Å². The minimum absolute atomic E-state index is 0. The zero-order valence-corrected chi connectivity index (χ0v) is 22.3. The average molecular weight is 563 g/mol. The van der Waals surface area contributed by atoms with Crippen molar-refractivity contribution < 1.29 is 4.79 Å². The monoisotopic (exact) mass is 562 g/mol. The number of hydrogen-bond donors (Lipinski definition) is 3. The molecule has 1 aliphatic heterocycles. The van der Waals surface area contributed by atoms with Gasteiger partial charge in [-0.2, -0.15) is 0 Å². The number of nitrogens with zero attached hydrogens (tertiary/aromatic N) is 3. The van der Waals surface area contributed by atoms with Crippen LogP contribution in [0.25, 0.3) is 0 Å². The summed E-state index contributed by atoms with van der Waals surface area (Å²) < 4.78 is 0. The van der Waals surface area contributed by atoms with Crippen molar-refractivity contribution in [1.29, 1.82) is 0 Å². The van der Waals surface area contributed by atoms with E-state index in [1.165, 1.54) is 12.8 Å². The highest BCUT2D eigenvalue weighted by molar-refractivity contribution is 14.0. The smallest absolute Gasteiger partial charge is 0.223 e. The molecule has 9 heteroatoms. The second-order valence-electron chi connectivity index (χ2n) is 8.69. The molecule has 3 rings (SSSR count). The second-order valence-corrected chi connectivity index (χ2v) is 9.53. The molecule has 0 spiro atoms. The molecule has 3 N–H and O–H groups in total. The molecule has 2 heterocycles. The van der Waals surface area contributed by atoms with Crippen molar-refractivity contribution in [2.75, 3.05) is 31.1 Å². The van der Waals surface area contributed by atoms with Gasteiger partial charge in [0, 0.05) is 56.0 Å². The third-order valence-corrected chi connectivity index (χ3v) is 6.67. The molecule has 1 aliphatic carbocycles. The summed E-state index contributed by atoms with van der Waals surface area (Å²) in [6.07, 6.45) is 7.41. The summed E-state index contributed by atoms with van der Waals surface area (Å²) in [6, 6.07) is 0.488. The third-order valence-electron chi connectivity index (χ3n) is 5.72. The fraction of sp³-hybridized carbons (Fsp3) is 0.773. The van der Waals surface area contributed by atoms with Crippen LogP contribution in [0.2, 0.25) is 0 Å². The molecule has 1 aromatic heterocycles. The van der Waals surface area contributed by atoms with Crippen molar-refractivity contribution in [2.24, 2.45) is 10.9 Å². The Morgan fingerprint density at radius 2 is 2.06 bits per heavy atom. The van der Waals surface area contributed by atoms with Gasteiger partial charge in [0.2, 0.25) is 5.91 Å². The van der Waals surface area contributed by atoms with Gasteiger partial charge in [-0.1, -0.05) is 6.42 Å². The summed E-state index contributed by atoms with van der Waals surface area (Å²) in [5.41, 5.74) is 1.13. The van der Waals surface area contributed by atoms with E-state index < -0.39 is 0 Å². The SMILES string of the molecule is CCNC(=NCCc1csc(N2CCCC2)n1)NC1CCCC(C(=O)NC(C)C)C1.I. The van der Waals surface area contributed by atoms with Crippen LogP contribution >= 0.6 is 35.3 Å². The van der Waals surface area contributed by atoms with E-state index in [0.717, 1.165) is 68.5 Å². The van der Waals surface area contributed by atoms with Crippen molar-refractivity contribution in [3.8, 4) is 0 Å². The van der Waals surface area contributed by atoms with Crippen LogP contribution in [-0.2, 0) is 11.2 Å². The number of aromatic nitrogens is 1. The van der Waals surface area contributed by atoms with Crippen LogP contribution in [-0.4, -0.2) is 55.1 Å². The van der Waals surface area contributed by atoms with Crippen LogP contribution < -0.4 is 20.9 Å². The van der Waals surface area contributed by atoms with E-state index in [0.29, 0.717) is 12.6 Å². The average Bonchev–Trinajstić information content (AvgIpc) is 3.40. The molecular weight excluding hydrogens is 523 g/mol. The van der Waals surface area contributed by atoms with Gasteiger partial charge in [0.15, 0.2) is 11.1 Å². The molecule has 7 nitrogen and oxygen atoms in total. The highest BCUT2D eigenvalue weighted by Crippen LogP contribution is 2.25. The van der Waals surface area contributed by atoms with Gasteiger partial charge < -0.3 is 20.9 Å². The number of guanidine groups is 1. The molecule has 2 unspecified atom stereocenters. The van der Waals surface area contributed by atoms with Gasteiger partial charge in [-0.05, 0) is 52.9 Å². The topological polar surface area (TPSA) is 81.7 Å². The number of rotatable bonds is 8. The Morgan fingerprint density at radius 3 is 2.77 bits per heavy atom. The van der Waals surface area contributed by atoms with Crippen LogP contribution in [0, 0.1) is 5.92 Å². The molecule has 0 aromatic carbocycles. The Labute approximate surface area is 208 Å². The lowest BCUT2D eigenvalue weighted by atomic mass is 9.85. The largest absolute Gasteiger partial charge is 0.357 e. The minimum atomic E-state index is 0. The Balaban J connectivity index is 0.00000341. The molecule has 1 aromatic rings. The number of anilines is 1. The molecule has 31 heavy (non-hydrogen) atoms. The quantitative estimate of drug-likeness (QED) is 0.257. The molecule has 1 saturated heterocycles. The van der Waals surface area contributed by atoms with Crippen LogP contribution in [0.4, 0.5) is 5.13 Å². The fourth-order valence-corrected chi connectivity index (χ4v) is 5.14. The maximum absolute atomic E-state index is 12.4. The van der Waals surface area contributed by atoms with E-state index >= 15 is 0 Å². The van der Waals surface area contributed by atoms with Crippen molar-refractivity contribution in [3.63, 3.8) is 0 Å². The van der Waals surface area contributed by atoms with Crippen molar-refractivity contribution in [2.45, 2.75) is 77.8 Å². The highest BCUT2D eigenvalue weighted by Gasteiger charge is 2.28. The van der Waals surface area contributed by atoms with Gasteiger partial charge in [-0.25, -0.2) is 4.98 Å². The first-order valence-electron chi connectivity index (χ1n) is 11.6. The lowest BCUT2D eigenvalue weighted by molar-refractivity contribution is -0.126. The first-order chi connectivity index (χ1) is 14.5. The van der Waals surface area contributed by atoms with E-state index in [1.54, 1.807) is 11.3 Å². The summed E-state index contributed by atoms with van der Waals surface area (Å²) in [4.78, 5) is 24.4. The van der Waals surface area contributed by atoms with Crippen LogP contribution in [0.1, 0.15) is 65.0 Å². The zero-order chi connectivity index (χ0) is 21.3. The van der Waals surface area contributed by atoms with Crippen LogP contribution in [0.5, 0.6) is 0 Å². The van der Waals surface area contributed by atoms with Gasteiger partial charge in [-0.3, -0.25) is 9.79 Å². The fourth-order valence-electron chi connectivity index (χ4n) is 4.22. The van der Waals surface area contributed by atoms with Crippen molar-refractivity contribution in [1.82, 2.24) is 20.9 Å². The van der Waals surface area contributed by atoms with Crippen molar-refractivity contribution >= 4 is 52.3 Å². The van der Waals surface area contributed by atoms with Gasteiger partial charge in [0.25, 0.3) is 0 Å². The Morgan fingerprint density at radius 1 is 1.29 bits per heavy atom. The molecule has 2 aliphatic rings. The summed E-state index contributed by atoms with van der Waals surface area (Å²) in [6.45, 7) is 9.92. The molecule has 2 atom stereocenters. The number of nitrogens with one attached hydrogen (secondary N) is 3. The van der Waals surface area contributed by atoms with Gasteiger partial charge >= 0.3 is 0 Å². The number of aliphatic imine (C=N–C) groups is 1. The minimum Gasteiger partial charge on any atom is -0.357 e. The standard InChI is InChI=1S/C22H38N6OS.HI/c1-4-23-21(26-18-9-7-8-17(14-18)20(29)25-16(2)3)24-11-10-19-15-30-22(27-19)28-12-5-6-13-28;/h15-18H,4-14H2,1-3H3,(H,25,29)(H2,23,24,26);1H. The van der Waals surface area contributed by atoms with E-state index in [9.17, 15) is 4.79 Å². The molecule has 0 bridgehead atoms. The normalized spacial score (nSPS) is 21.7. The Kier molecular flexibility index (Phi) is 11.3. The molecule has 0 radical (unpaired) electrons. The number of carbonyl (C=O) groups is 1. The molecule has 1 saturated carbocycles. The van der Waals surface area contributed by atoms with Gasteiger partial charge in [-0.15, -0.1) is 35.3 Å². The molecule has 1 amide bonds. The predicted molar refractivity (Wildman–Crippen MR) is 141 cm³/mol. The lowest BCUT2D eigenvalue weighted by Crippen LogP contribution is -2.47. The van der Waals surface area contributed by atoms with E-state index in [2.05, 4.69) is 33.2 Å². The zero-order valence-electron chi connectivity index (χ0n) is 19.2. The third kappa shape index (κ3) is 8.40. The summed E-state index contributed by atoms with van der Waals surface area (Å²) in [7, 11) is 0. The Hall–Kier alpha value is -1.10. The summed E-state index contributed by atoms with van der Waals surface area (Å²) >= 11 is 1.75. The molecule has 2 fully saturated rings. The number of thiazole rings is 1. The van der Waals surface area contributed by atoms with Crippen LogP contribution in [0.3, 0.4) is 0 Å². The van der Waals surface area contributed by atoms with Gasteiger partial charge in [0.1, 0.15) is 0 Å². The maximum atomic E-state index is 12.4. The Bertz CT molecular complexity index is 704. The number of hydrogen-bond acceptors (Lipinski definition) is 5. The van der Waals surface area contributed by atoms with Crippen LogP contribution in [0.15, 0.2) is 10.4 Å². The first kappa shape index (κ1) is 26.2. The number of amides is 1. The van der Waals surface area contributed by atoms with E-state index in [-0.39, 0.29) is 41.8 Å². The first-order valence-corrected chi connectivity index (χ1v) is 12.5. The van der Waals surface area contributed by atoms with Crippen molar-refractivity contribution in [3.05, 3.63) is 11.1 Å². The number of halogens is 1.